The van der Waals surface area contributed by atoms with Crippen LogP contribution in [0.2, 0.25) is 6.04 Å². The van der Waals surface area contributed by atoms with Gasteiger partial charge in [0.1, 0.15) is 0 Å². The smallest absolute Gasteiger partial charge is 0.466 e. The van der Waals surface area contributed by atoms with Gasteiger partial charge in [-0.3, -0.25) is 9.59 Å². The highest BCUT2D eigenvalue weighted by Crippen LogP contribution is 2.15. The maximum Gasteiger partial charge on any atom is 0.500 e. The van der Waals surface area contributed by atoms with Gasteiger partial charge in [-0.15, -0.1) is 0 Å². The molecule has 0 atom stereocenters. The van der Waals surface area contributed by atoms with Crippen LogP contribution in [0, 0.1) is 0 Å². The molecule has 0 aliphatic rings. The van der Waals surface area contributed by atoms with Crippen molar-refractivity contribution in [2.75, 3.05) is 54.2 Å². The van der Waals surface area contributed by atoms with Gasteiger partial charge >= 0.3 is 20.7 Å². The number of unbranched alkanes of at least 4 members (excludes halogenated alkanes) is 2. The van der Waals surface area contributed by atoms with Crippen LogP contribution in [0.5, 0.6) is 0 Å². The fourth-order valence-electron chi connectivity index (χ4n) is 2.71. The fourth-order valence-corrected chi connectivity index (χ4v) is 4.42. The summed E-state index contributed by atoms with van der Waals surface area (Å²) in [5, 5.41) is 0. The molecular formula is C20H41NO7Si. The van der Waals surface area contributed by atoms with Crippen molar-refractivity contribution in [1.29, 1.82) is 0 Å². The number of nitrogens with zero attached hydrogens (tertiary/aromatic N) is 1. The third-order valence-electron chi connectivity index (χ3n) is 4.68. The molecule has 0 aromatic carbocycles. The van der Waals surface area contributed by atoms with E-state index in [4.69, 9.17) is 22.8 Å². The van der Waals surface area contributed by atoms with Gasteiger partial charge in [0.2, 0.25) is 0 Å². The van der Waals surface area contributed by atoms with Crippen LogP contribution in [0.4, 0.5) is 0 Å². The third kappa shape index (κ3) is 13.8. The van der Waals surface area contributed by atoms with E-state index in [1.165, 1.54) is 0 Å². The van der Waals surface area contributed by atoms with E-state index in [1.54, 1.807) is 21.3 Å². The van der Waals surface area contributed by atoms with Crippen LogP contribution in [0.1, 0.15) is 58.8 Å². The first-order chi connectivity index (χ1) is 14.0. The molecule has 0 aromatic rings. The number of carbonyl (C=O) groups is 2. The Labute approximate surface area is 177 Å². The molecule has 0 bridgehead atoms. The summed E-state index contributed by atoms with van der Waals surface area (Å²) in [6, 6.07) is 0.662. The van der Waals surface area contributed by atoms with Crippen LogP contribution in [0.15, 0.2) is 0 Å². The summed E-state index contributed by atoms with van der Waals surface area (Å²) in [7, 11) is 2.15. The molecule has 8 nitrogen and oxygen atoms in total. The van der Waals surface area contributed by atoms with Crippen LogP contribution in [-0.2, 0) is 32.3 Å². The summed E-state index contributed by atoms with van der Waals surface area (Å²) in [6.45, 7) is 6.81. The lowest BCUT2D eigenvalue weighted by atomic mass is 10.3. The van der Waals surface area contributed by atoms with Gasteiger partial charge in [-0.2, -0.15) is 0 Å². The van der Waals surface area contributed by atoms with Crippen molar-refractivity contribution >= 4 is 20.7 Å². The Morgan fingerprint density at radius 2 is 1.17 bits per heavy atom. The first-order valence-electron chi connectivity index (χ1n) is 10.7. The zero-order chi connectivity index (χ0) is 22.0. The Morgan fingerprint density at radius 3 is 1.55 bits per heavy atom. The monoisotopic (exact) mass is 435 g/mol. The summed E-state index contributed by atoms with van der Waals surface area (Å²) >= 11 is 0. The second-order valence-corrected chi connectivity index (χ2v) is 9.98. The lowest BCUT2D eigenvalue weighted by molar-refractivity contribution is -0.144. The summed E-state index contributed by atoms with van der Waals surface area (Å²) in [6.07, 6.45) is 5.10. The Balaban J connectivity index is 4.53. The molecular weight excluding hydrogens is 394 g/mol. The quantitative estimate of drug-likeness (QED) is 0.174. The molecule has 0 rings (SSSR count). The molecule has 0 aromatic heterocycles. The largest absolute Gasteiger partial charge is 0.500 e. The lowest BCUT2D eigenvalue weighted by Crippen LogP contribution is -2.43. The SMILES string of the molecule is CCCCOC(=O)CCN(CCC[Si](OC)(OC)OC)CCC(=O)OCCCC. The van der Waals surface area contributed by atoms with Gasteiger partial charge < -0.3 is 27.7 Å². The predicted molar refractivity (Wildman–Crippen MR) is 114 cm³/mol. The molecule has 0 saturated carbocycles. The summed E-state index contributed by atoms with van der Waals surface area (Å²) in [4.78, 5) is 25.9. The molecule has 0 aliphatic heterocycles. The van der Waals surface area contributed by atoms with Crippen molar-refractivity contribution in [1.82, 2.24) is 4.90 Å². The average molecular weight is 436 g/mol. The first kappa shape index (κ1) is 28.0. The minimum Gasteiger partial charge on any atom is -0.466 e. The van der Waals surface area contributed by atoms with Gasteiger partial charge in [0.15, 0.2) is 0 Å². The van der Waals surface area contributed by atoms with Crippen molar-refractivity contribution in [3.8, 4) is 0 Å². The number of hydrogen-bond donors (Lipinski definition) is 0. The molecule has 0 heterocycles. The van der Waals surface area contributed by atoms with Crippen molar-refractivity contribution < 1.29 is 32.3 Å². The number of hydrogen-bond acceptors (Lipinski definition) is 8. The van der Waals surface area contributed by atoms with Gasteiger partial charge in [-0.1, -0.05) is 26.7 Å². The molecule has 29 heavy (non-hydrogen) atoms. The van der Waals surface area contributed by atoms with Crippen LogP contribution >= 0.6 is 0 Å². The number of rotatable bonds is 19. The van der Waals surface area contributed by atoms with Crippen molar-refractivity contribution in [2.24, 2.45) is 0 Å². The van der Waals surface area contributed by atoms with Crippen LogP contribution in [0.25, 0.3) is 0 Å². The summed E-state index contributed by atoms with van der Waals surface area (Å²) in [5.41, 5.74) is 0. The maximum atomic E-state index is 11.9. The highest BCUT2D eigenvalue weighted by molar-refractivity contribution is 6.60. The van der Waals surface area contributed by atoms with Crippen molar-refractivity contribution in [3.05, 3.63) is 0 Å². The molecule has 0 amide bonds. The fraction of sp³-hybridized carbons (Fsp3) is 0.900. The second-order valence-electron chi connectivity index (χ2n) is 6.89. The number of ether oxygens (including phenoxy) is 2. The molecule has 0 unspecified atom stereocenters. The normalized spacial score (nSPS) is 11.7. The Hall–Kier alpha value is -1.00. The van der Waals surface area contributed by atoms with E-state index >= 15 is 0 Å². The van der Waals surface area contributed by atoms with E-state index in [0.29, 0.717) is 51.7 Å². The minimum absolute atomic E-state index is 0.205. The van der Waals surface area contributed by atoms with E-state index < -0.39 is 8.80 Å². The molecule has 0 radical (unpaired) electrons. The van der Waals surface area contributed by atoms with E-state index in [2.05, 4.69) is 18.7 Å². The minimum atomic E-state index is -2.63. The first-order valence-corrected chi connectivity index (χ1v) is 12.6. The highest BCUT2D eigenvalue weighted by atomic mass is 28.4. The van der Waals surface area contributed by atoms with E-state index in [-0.39, 0.29) is 11.9 Å². The molecule has 172 valence electrons. The molecule has 0 saturated heterocycles. The second kappa shape index (κ2) is 17.8. The Kier molecular flexibility index (Phi) is 17.2. The lowest BCUT2D eigenvalue weighted by Gasteiger charge is -2.26. The summed E-state index contributed by atoms with van der Waals surface area (Å²) < 4.78 is 26.8. The van der Waals surface area contributed by atoms with Crippen LogP contribution in [-0.4, -0.2) is 79.8 Å². The van der Waals surface area contributed by atoms with Gasteiger partial charge in [-0.05, 0) is 25.8 Å². The topological polar surface area (TPSA) is 83.5 Å². The van der Waals surface area contributed by atoms with Crippen molar-refractivity contribution in [3.63, 3.8) is 0 Å². The Bertz CT molecular complexity index is 399. The van der Waals surface area contributed by atoms with E-state index in [9.17, 15) is 9.59 Å². The third-order valence-corrected chi connectivity index (χ3v) is 7.51. The highest BCUT2D eigenvalue weighted by Gasteiger charge is 2.37. The predicted octanol–water partition coefficient (Wildman–Crippen LogP) is 3.02. The van der Waals surface area contributed by atoms with Gasteiger partial charge in [0, 0.05) is 40.5 Å². The molecule has 9 heteroatoms. The standard InChI is InChI=1S/C20H41NO7Si/c1-6-8-16-27-19(22)11-14-21(15-12-20(23)28-17-9-7-2)13-10-18-29(24-3,25-4)26-5/h6-18H2,1-5H3. The zero-order valence-corrected chi connectivity index (χ0v) is 20.0. The van der Waals surface area contributed by atoms with Gasteiger partial charge in [0.25, 0.3) is 0 Å². The van der Waals surface area contributed by atoms with Gasteiger partial charge in [0.05, 0.1) is 26.1 Å². The molecule has 0 aliphatic carbocycles. The number of esters is 2. The van der Waals surface area contributed by atoms with E-state index in [0.717, 1.165) is 32.1 Å². The van der Waals surface area contributed by atoms with Crippen LogP contribution < -0.4 is 0 Å². The van der Waals surface area contributed by atoms with E-state index in [1.807, 2.05) is 0 Å². The number of carbonyl (C=O) groups excluding carboxylic acids is 2. The molecule has 0 spiro atoms. The van der Waals surface area contributed by atoms with Crippen LogP contribution in [0.3, 0.4) is 0 Å². The van der Waals surface area contributed by atoms with Gasteiger partial charge in [-0.25, -0.2) is 0 Å². The molecule has 0 N–H and O–H groups in total. The maximum absolute atomic E-state index is 11.9. The Morgan fingerprint density at radius 1 is 0.724 bits per heavy atom. The van der Waals surface area contributed by atoms with Crippen molar-refractivity contribution in [2.45, 2.75) is 64.8 Å². The average Bonchev–Trinajstić information content (AvgIpc) is 2.73. The zero-order valence-electron chi connectivity index (χ0n) is 19.0. The summed E-state index contributed by atoms with van der Waals surface area (Å²) in [5.74, 6) is -0.410. The molecule has 0 fully saturated rings.